The average Bonchev–Trinajstić information content (AvgIpc) is 3.18. The Bertz CT molecular complexity index is 638. The largest absolute Gasteiger partial charge is 0.465 e. The van der Waals surface area contributed by atoms with Crippen LogP contribution in [0.3, 0.4) is 0 Å². The Morgan fingerprint density at radius 2 is 1.72 bits per heavy atom. The third kappa shape index (κ3) is 4.17. The SMILES string of the molecule is CC(C)(C)[Si](C)(C)OCC1C(c2ccc(C(F)(F)F)cc2)N1C(=O)O. The van der Waals surface area contributed by atoms with Crippen LogP contribution in [0.5, 0.6) is 0 Å². The lowest BCUT2D eigenvalue weighted by Gasteiger charge is -2.36. The van der Waals surface area contributed by atoms with Crippen molar-refractivity contribution in [3.05, 3.63) is 35.4 Å². The fourth-order valence-electron chi connectivity index (χ4n) is 2.47. The van der Waals surface area contributed by atoms with Crippen LogP contribution in [0.25, 0.3) is 0 Å². The Morgan fingerprint density at radius 1 is 1.20 bits per heavy atom. The summed E-state index contributed by atoms with van der Waals surface area (Å²) in [4.78, 5) is 12.6. The van der Waals surface area contributed by atoms with Gasteiger partial charge in [-0.1, -0.05) is 32.9 Å². The van der Waals surface area contributed by atoms with Gasteiger partial charge in [0.2, 0.25) is 0 Å². The molecule has 0 spiro atoms. The minimum absolute atomic E-state index is 0.000201. The lowest BCUT2D eigenvalue weighted by molar-refractivity contribution is -0.137. The van der Waals surface area contributed by atoms with Crippen molar-refractivity contribution in [2.24, 2.45) is 0 Å². The number of halogens is 3. The Labute approximate surface area is 146 Å². The highest BCUT2D eigenvalue weighted by Gasteiger charge is 2.53. The molecule has 2 atom stereocenters. The fraction of sp³-hybridized carbons (Fsp3) is 0.588. The van der Waals surface area contributed by atoms with Gasteiger partial charge < -0.3 is 9.53 Å². The molecule has 1 amide bonds. The summed E-state index contributed by atoms with van der Waals surface area (Å²) in [6.45, 7) is 10.7. The van der Waals surface area contributed by atoms with Crippen molar-refractivity contribution in [3.8, 4) is 0 Å². The molecule has 0 aliphatic carbocycles. The lowest BCUT2D eigenvalue weighted by atomic mass is 10.1. The number of amides is 1. The van der Waals surface area contributed by atoms with E-state index in [4.69, 9.17) is 4.43 Å². The highest BCUT2D eigenvalue weighted by Crippen LogP contribution is 2.45. The molecule has 1 aromatic rings. The first kappa shape index (κ1) is 19.8. The molecule has 0 radical (unpaired) electrons. The first-order valence-electron chi connectivity index (χ1n) is 8.08. The van der Waals surface area contributed by atoms with E-state index in [0.29, 0.717) is 5.56 Å². The summed E-state index contributed by atoms with van der Waals surface area (Å²) < 4.78 is 44.1. The van der Waals surface area contributed by atoms with Gasteiger partial charge in [0, 0.05) is 0 Å². The third-order valence-electron chi connectivity index (χ3n) is 5.15. The second-order valence-corrected chi connectivity index (χ2v) is 12.7. The number of nitrogens with zero attached hydrogens (tertiary/aromatic N) is 1. The number of hydrogen-bond acceptors (Lipinski definition) is 2. The smallest absolute Gasteiger partial charge is 0.416 e. The topological polar surface area (TPSA) is 49.5 Å². The van der Waals surface area contributed by atoms with Crippen molar-refractivity contribution in [3.63, 3.8) is 0 Å². The minimum atomic E-state index is -4.40. The van der Waals surface area contributed by atoms with E-state index in [9.17, 15) is 23.1 Å². The van der Waals surface area contributed by atoms with Crippen LogP contribution in [0.15, 0.2) is 24.3 Å². The number of benzene rings is 1. The van der Waals surface area contributed by atoms with Crippen LogP contribution in [0.1, 0.15) is 37.9 Å². The highest BCUT2D eigenvalue weighted by molar-refractivity contribution is 6.74. The molecular formula is C17H24F3NO3Si. The maximum atomic E-state index is 12.7. The number of alkyl halides is 3. The zero-order chi connectivity index (χ0) is 19.2. The summed E-state index contributed by atoms with van der Waals surface area (Å²) in [5.74, 6) is 0. The van der Waals surface area contributed by atoms with E-state index in [0.717, 1.165) is 12.1 Å². The lowest BCUT2D eigenvalue weighted by Crippen LogP contribution is -2.42. The molecule has 1 N–H and O–H groups in total. The summed E-state index contributed by atoms with van der Waals surface area (Å²) in [7, 11) is -2.02. The Kier molecular flexibility index (Phi) is 5.00. The second-order valence-electron chi connectivity index (χ2n) is 7.89. The van der Waals surface area contributed by atoms with E-state index in [-0.39, 0.29) is 17.7 Å². The quantitative estimate of drug-likeness (QED) is 0.586. The van der Waals surface area contributed by atoms with E-state index in [1.807, 2.05) is 0 Å². The summed E-state index contributed by atoms with van der Waals surface area (Å²) >= 11 is 0. The van der Waals surface area contributed by atoms with Crippen LogP contribution in [0, 0.1) is 0 Å². The minimum Gasteiger partial charge on any atom is -0.465 e. The van der Waals surface area contributed by atoms with Gasteiger partial charge in [-0.05, 0) is 35.8 Å². The maximum Gasteiger partial charge on any atom is 0.416 e. The van der Waals surface area contributed by atoms with Crippen LogP contribution in [0.4, 0.5) is 18.0 Å². The Balaban J connectivity index is 2.11. The zero-order valence-corrected chi connectivity index (χ0v) is 16.0. The van der Waals surface area contributed by atoms with Gasteiger partial charge in [-0.15, -0.1) is 0 Å². The molecule has 25 heavy (non-hydrogen) atoms. The average molecular weight is 375 g/mol. The van der Waals surface area contributed by atoms with Crippen molar-refractivity contribution in [2.75, 3.05) is 6.61 Å². The molecule has 1 aliphatic heterocycles. The van der Waals surface area contributed by atoms with E-state index in [2.05, 4.69) is 33.9 Å². The van der Waals surface area contributed by atoms with Gasteiger partial charge in [0.1, 0.15) is 0 Å². The molecular weight excluding hydrogens is 351 g/mol. The second kappa shape index (κ2) is 6.32. The molecule has 1 heterocycles. The molecule has 140 valence electrons. The molecule has 4 nitrogen and oxygen atoms in total. The standard InChI is InChI=1S/C17H24F3NO3Si/c1-16(2,3)25(4,5)24-10-13-14(21(13)15(22)23)11-6-8-12(9-7-11)17(18,19)20/h6-9,13-14H,10H2,1-5H3,(H,22,23). The summed E-state index contributed by atoms with van der Waals surface area (Å²) in [5.41, 5.74) is -0.188. The monoisotopic (exact) mass is 375 g/mol. The maximum absolute atomic E-state index is 12.7. The van der Waals surface area contributed by atoms with Gasteiger partial charge in [-0.3, -0.25) is 4.90 Å². The first-order chi connectivity index (χ1) is 11.3. The predicted octanol–water partition coefficient (Wildman–Crippen LogP) is 5.13. The molecule has 1 fully saturated rings. The van der Waals surface area contributed by atoms with Crippen LogP contribution in [-0.4, -0.2) is 37.1 Å². The molecule has 0 saturated carbocycles. The van der Waals surface area contributed by atoms with Gasteiger partial charge in [0.15, 0.2) is 8.32 Å². The molecule has 2 unspecified atom stereocenters. The van der Waals surface area contributed by atoms with E-state index >= 15 is 0 Å². The zero-order valence-electron chi connectivity index (χ0n) is 15.0. The molecule has 0 bridgehead atoms. The fourth-order valence-corrected chi connectivity index (χ4v) is 3.49. The van der Waals surface area contributed by atoms with Gasteiger partial charge in [0.05, 0.1) is 24.3 Å². The van der Waals surface area contributed by atoms with E-state index < -0.39 is 32.2 Å². The Hall–Kier alpha value is -1.54. The van der Waals surface area contributed by atoms with E-state index in [1.54, 1.807) is 0 Å². The molecule has 8 heteroatoms. The van der Waals surface area contributed by atoms with Gasteiger partial charge >= 0.3 is 12.3 Å². The first-order valence-corrected chi connectivity index (χ1v) is 11.0. The van der Waals surface area contributed by atoms with Gasteiger partial charge in [-0.25, -0.2) is 4.79 Å². The van der Waals surface area contributed by atoms with Crippen molar-refractivity contribution >= 4 is 14.4 Å². The number of rotatable bonds is 4. The highest BCUT2D eigenvalue weighted by atomic mass is 28.4. The van der Waals surface area contributed by atoms with Crippen LogP contribution >= 0.6 is 0 Å². The molecule has 0 aromatic heterocycles. The number of hydrogen-bond donors (Lipinski definition) is 1. The van der Waals surface area contributed by atoms with Crippen molar-refractivity contribution in [1.82, 2.24) is 4.90 Å². The van der Waals surface area contributed by atoms with Crippen molar-refractivity contribution < 1.29 is 27.5 Å². The Morgan fingerprint density at radius 3 is 2.12 bits per heavy atom. The van der Waals surface area contributed by atoms with Crippen LogP contribution < -0.4 is 0 Å². The van der Waals surface area contributed by atoms with Crippen LogP contribution in [0.2, 0.25) is 18.1 Å². The number of carboxylic acid groups (broad SMARTS) is 1. The molecule has 1 aromatic carbocycles. The number of carbonyl (C=O) groups is 1. The molecule has 1 aliphatic rings. The normalized spacial score (nSPS) is 21.4. The van der Waals surface area contributed by atoms with Crippen LogP contribution in [-0.2, 0) is 10.6 Å². The predicted molar refractivity (Wildman–Crippen MR) is 91.0 cm³/mol. The molecule has 1 saturated heterocycles. The summed E-state index contributed by atoms with van der Waals surface area (Å²) in [6, 6.07) is 3.85. The van der Waals surface area contributed by atoms with E-state index in [1.165, 1.54) is 17.0 Å². The third-order valence-corrected chi connectivity index (χ3v) is 9.65. The van der Waals surface area contributed by atoms with Gasteiger partial charge in [0.25, 0.3) is 0 Å². The van der Waals surface area contributed by atoms with Crippen molar-refractivity contribution in [2.45, 2.75) is 57.2 Å². The van der Waals surface area contributed by atoms with Gasteiger partial charge in [-0.2, -0.15) is 13.2 Å². The molecule has 2 rings (SSSR count). The summed E-state index contributed by atoms with van der Waals surface area (Å²) in [5, 5.41) is 9.33. The van der Waals surface area contributed by atoms with Crippen molar-refractivity contribution in [1.29, 1.82) is 0 Å². The summed E-state index contributed by atoms with van der Waals surface area (Å²) in [6.07, 6.45) is -5.49.